The van der Waals surface area contributed by atoms with Crippen LogP contribution in [-0.2, 0) is 0 Å². The fourth-order valence-corrected chi connectivity index (χ4v) is 2.62. The number of ether oxygens (including phenoxy) is 1. The van der Waals surface area contributed by atoms with Crippen molar-refractivity contribution in [1.29, 1.82) is 0 Å². The first-order valence-corrected chi connectivity index (χ1v) is 7.23. The maximum absolute atomic E-state index is 12.4. The van der Waals surface area contributed by atoms with E-state index < -0.39 is 0 Å². The summed E-state index contributed by atoms with van der Waals surface area (Å²) in [7, 11) is 1.67. The molecular weight excluding hydrogens is 280 g/mol. The first-order chi connectivity index (χ1) is 10.8. The van der Waals surface area contributed by atoms with Crippen LogP contribution in [0.5, 0.6) is 5.75 Å². The number of carbonyl (C=O) groups is 1. The molecule has 3 rings (SSSR count). The van der Waals surface area contributed by atoms with Gasteiger partial charge in [-0.15, -0.1) is 0 Å². The Morgan fingerprint density at radius 3 is 2.59 bits per heavy atom. The summed E-state index contributed by atoms with van der Waals surface area (Å²) in [6, 6.07) is 9.59. The Bertz CT molecular complexity index is 640. The molecule has 1 amide bonds. The van der Waals surface area contributed by atoms with Crippen molar-refractivity contribution < 1.29 is 9.53 Å². The highest BCUT2D eigenvalue weighted by atomic mass is 16.5. The van der Waals surface area contributed by atoms with Crippen molar-refractivity contribution in [3.8, 4) is 5.75 Å². The van der Waals surface area contributed by atoms with Gasteiger partial charge in [0.05, 0.1) is 12.8 Å². The zero-order chi connectivity index (χ0) is 15.4. The molecule has 0 atom stereocenters. The Morgan fingerprint density at radius 2 is 1.91 bits per heavy atom. The van der Waals surface area contributed by atoms with Crippen molar-refractivity contribution in [2.45, 2.75) is 0 Å². The number of rotatable bonds is 3. The van der Waals surface area contributed by atoms with Gasteiger partial charge in [-0.05, 0) is 18.2 Å². The quantitative estimate of drug-likeness (QED) is 0.858. The summed E-state index contributed by atoms with van der Waals surface area (Å²) >= 11 is 0. The molecule has 0 saturated carbocycles. The predicted molar refractivity (Wildman–Crippen MR) is 83.1 cm³/mol. The van der Waals surface area contributed by atoms with E-state index in [1.165, 1.54) is 6.33 Å². The third-order valence-corrected chi connectivity index (χ3v) is 3.79. The number of anilines is 1. The highest BCUT2D eigenvalue weighted by Crippen LogP contribution is 2.28. The average molecular weight is 298 g/mol. The second kappa shape index (κ2) is 6.43. The standard InChI is InChI=1S/C16H18N4O2/c1-22-15-5-3-2-4-14(15)19-8-10-20(11-9-19)16(21)13-6-7-17-12-18-13/h2-7,12H,8-11H2,1H3. The van der Waals surface area contributed by atoms with E-state index in [2.05, 4.69) is 14.9 Å². The van der Waals surface area contributed by atoms with Gasteiger partial charge >= 0.3 is 0 Å². The number of carbonyl (C=O) groups excluding carboxylic acids is 1. The lowest BCUT2D eigenvalue weighted by Gasteiger charge is -2.36. The molecule has 1 aliphatic heterocycles. The van der Waals surface area contributed by atoms with Gasteiger partial charge in [0, 0.05) is 32.4 Å². The van der Waals surface area contributed by atoms with Crippen molar-refractivity contribution in [3.05, 3.63) is 48.5 Å². The normalized spacial score (nSPS) is 14.8. The molecular formula is C16H18N4O2. The SMILES string of the molecule is COc1ccccc1N1CCN(C(=O)c2ccncn2)CC1. The van der Waals surface area contributed by atoms with Gasteiger partial charge in [-0.1, -0.05) is 12.1 Å². The van der Waals surface area contributed by atoms with E-state index >= 15 is 0 Å². The highest BCUT2D eigenvalue weighted by molar-refractivity contribution is 5.92. The molecule has 2 aromatic rings. The number of methoxy groups -OCH3 is 1. The number of nitrogens with zero attached hydrogens (tertiary/aromatic N) is 4. The smallest absolute Gasteiger partial charge is 0.272 e. The summed E-state index contributed by atoms with van der Waals surface area (Å²) in [6.45, 7) is 2.89. The topological polar surface area (TPSA) is 58.6 Å². The first-order valence-electron chi connectivity index (χ1n) is 7.23. The molecule has 1 aromatic carbocycles. The van der Waals surface area contributed by atoms with Gasteiger partial charge in [0.15, 0.2) is 0 Å². The number of amides is 1. The van der Waals surface area contributed by atoms with Gasteiger partial charge in [-0.2, -0.15) is 0 Å². The van der Waals surface area contributed by atoms with E-state index in [-0.39, 0.29) is 5.91 Å². The summed E-state index contributed by atoms with van der Waals surface area (Å²) in [5, 5.41) is 0. The van der Waals surface area contributed by atoms with E-state index in [0.717, 1.165) is 24.5 Å². The Kier molecular flexibility index (Phi) is 4.18. The number of piperazine rings is 1. The number of benzene rings is 1. The lowest BCUT2D eigenvalue weighted by molar-refractivity contribution is 0.0740. The van der Waals surface area contributed by atoms with Crippen molar-refractivity contribution in [3.63, 3.8) is 0 Å². The molecule has 0 N–H and O–H groups in total. The lowest BCUT2D eigenvalue weighted by Crippen LogP contribution is -2.49. The van der Waals surface area contributed by atoms with Crippen LogP contribution < -0.4 is 9.64 Å². The molecule has 1 saturated heterocycles. The molecule has 1 aliphatic rings. The van der Waals surface area contributed by atoms with Crippen LogP contribution in [0.25, 0.3) is 0 Å². The summed E-state index contributed by atoms with van der Waals surface area (Å²) < 4.78 is 5.40. The zero-order valence-electron chi connectivity index (χ0n) is 12.5. The number of para-hydroxylation sites is 2. The summed E-state index contributed by atoms with van der Waals surface area (Å²) in [4.78, 5) is 24.3. The van der Waals surface area contributed by atoms with Gasteiger partial charge in [0.25, 0.3) is 5.91 Å². The summed E-state index contributed by atoms with van der Waals surface area (Å²) in [6.07, 6.45) is 2.99. The van der Waals surface area contributed by atoms with E-state index in [4.69, 9.17) is 4.74 Å². The van der Waals surface area contributed by atoms with E-state index in [1.54, 1.807) is 19.4 Å². The highest BCUT2D eigenvalue weighted by Gasteiger charge is 2.24. The number of aromatic nitrogens is 2. The zero-order valence-corrected chi connectivity index (χ0v) is 12.5. The van der Waals surface area contributed by atoms with Crippen LogP contribution in [0.1, 0.15) is 10.5 Å². The maximum Gasteiger partial charge on any atom is 0.272 e. The van der Waals surface area contributed by atoms with Crippen LogP contribution in [0.4, 0.5) is 5.69 Å². The molecule has 22 heavy (non-hydrogen) atoms. The van der Waals surface area contributed by atoms with Gasteiger partial charge < -0.3 is 14.5 Å². The van der Waals surface area contributed by atoms with Gasteiger partial charge in [-0.25, -0.2) is 9.97 Å². The molecule has 0 spiro atoms. The molecule has 2 heterocycles. The van der Waals surface area contributed by atoms with Crippen LogP contribution in [-0.4, -0.2) is 54.1 Å². The Morgan fingerprint density at radius 1 is 1.14 bits per heavy atom. The Hall–Kier alpha value is -2.63. The molecule has 0 radical (unpaired) electrons. The van der Waals surface area contributed by atoms with Crippen LogP contribution in [0, 0.1) is 0 Å². The van der Waals surface area contributed by atoms with Crippen LogP contribution in [0.15, 0.2) is 42.9 Å². The molecule has 0 unspecified atom stereocenters. The minimum Gasteiger partial charge on any atom is -0.495 e. The molecule has 6 nitrogen and oxygen atoms in total. The molecule has 0 bridgehead atoms. The minimum atomic E-state index is -0.0397. The Labute approximate surface area is 129 Å². The second-order valence-electron chi connectivity index (χ2n) is 5.05. The first kappa shape index (κ1) is 14.3. The number of hydrogen-bond donors (Lipinski definition) is 0. The van der Waals surface area contributed by atoms with Gasteiger partial charge in [0.1, 0.15) is 17.8 Å². The van der Waals surface area contributed by atoms with Crippen LogP contribution >= 0.6 is 0 Å². The molecule has 114 valence electrons. The third kappa shape index (κ3) is 2.86. The van der Waals surface area contributed by atoms with E-state index in [0.29, 0.717) is 18.8 Å². The summed E-state index contributed by atoms with van der Waals surface area (Å²) in [5.74, 6) is 0.820. The number of hydrogen-bond acceptors (Lipinski definition) is 5. The fourth-order valence-electron chi connectivity index (χ4n) is 2.62. The Balaban J connectivity index is 1.67. The maximum atomic E-state index is 12.4. The van der Waals surface area contributed by atoms with Crippen molar-refractivity contribution in [1.82, 2.24) is 14.9 Å². The monoisotopic (exact) mass is 298 g/mol. The molecule has 0 aliphatic carbocycles. The predicted octanol–water partition coefficient (Wildman–Crippen LogP) is 1.45. The van der Waals surface area contributed by atoms with Crippen LogP contribution in [0.3, 0.4) is 0 Å². The van der Waals surface area contributed by atoms with E-state index in [1.807, 2.05) is 29.2 Å². The largest absolute Gasteiger partial charge is 0.495 e. The molecule has 6 heteroatoms. The second-order valence-corrected chi connectivity index (χ2v) is 5.05. The summed E-state index contributed by atoms with van der Waals surface area (Å²) in [5.41, 5.74) is 1.51. The molecule has 1 aromatic heterocycles. The van der Waals surface area contributed by atoms with E-state index in [9.17, 15) is 4.79 Å². The third-order valence-electron chi connectivity index (χ3n) is 3.79. The van der Waals surface area contributed by atoms with Gasteiger partial charge in [-0.3, -0.25) is 4.79 Å². The van der Waals surface area contributed by atoms with Crippen molar-refractivity contribution in [2.24, 2.45) is 0 Å². The average Bonchev–Trinajstić information content (AvgIpc) is 2.62. The minimum absolute atomic E-state index is 0.0397. The van der Waals surface area contributed by atoms with Crippen molar-refractivity contribution >= 4 is 11.6 Å². The van der Waals surface area contributed by atoms with Crippen LogP contribution in [0.2, 0.25) is 0 Å². The fraction of sp³-hybridized carbons (Fsp3) is 0.312. The van der Waals surface area contributed by atoms with Crippen molar-refractivity contribution in [2.75, 3.05) is 38.2 Å². The molecule has 1 fully saturated rings. The van der Waals surface area contributed by atoms with Gasteiger partial charge in [0.2, 0.25) is 0 Å². The lowest BCUT2D eigenvalue weighted by atomic mass is 10.2.